The Labute approximate surface area is 156 Å². The predicted molar refractivity (Wildman–Crippen MR) is 101 cm³/mol. The van der Waals surface area contributed by atoms with Gasteiger partial charge in [-0.1, -0.05) is 32.1 Å². The lowest BCUT2D eigenvalue weighted by molar-refractivity contribution is 0.0865. The van der Waals surface area contributed by atoms with Crippen LogP contribution in [-0.2, 0) is 12.8 Å². The van der Waals surface area contributed by atoms with Crippen LogP contribution in [0.2, 0.25) is 0 Å². The molecule has 3 aliphatic carbocycles. The minimum Gasteiger partial charge on any atom is -0.396 e. The number of aliphatic hydroxyl groups excluding tert-OH is 1. The van der Waals surface area contributed by atoms with E-state index >= 15 is 0 Å². The summed E-state index contributed by atoms with van der Waals surface area (Å²) in [6.07, 6.45) is 15.0. The second-order valence-corrected chi connectivity index (χ2v) is 8.52. The number of carbonyl (C=O) groups excluding carboxylic acids is 1. The third kappa shape index (κ3) is 3.55. The van der Waals surface area contributed by atoms with Gasteiger partial charge in [-0.2, -0.15) is 5.10 Å². The number of nitrogens with zero attached hydrogens (tertiary/aromatic N) is 2. The Morgan fingerprint density at radius 3 is 2.54 bits per heavy atom. The molecule has 3 aliphatic rings. The fourth-order valence-electron chi connectivity index (χ4n) is 5.29. The minimum absolute atomic E-state index is 0.0111. The van der Waals surface area contributed by atoms with Crippen LogP contribution in [0, 0.1) is 5.92 Å². The van der Waals surface area contributed by atoms with Crippen LogP contribution in [0.25, 0.3) is 0 Å². The molecule has 1 amide bonds. The van der Waals surface area contributed by atoms with Crippen LogP contribution >= 0.6 is 0 Å². The van der Waals surface area contributed by atoms with Crippen LogP contribution in [0.4, 0.5) is 0 Å². The smallest absolute Gasteiger partial charge is 0.272 e. The van der Waals surface area contributed by atoms with Crippen molar-refractivity contribution in [2.45, 2.75) is 95.6 Å². The fraction of sp³-hybridized carbons (Fsp3) is 0.810. The Morgan fingerprint density at radius 1 is 1.00 bits per heavy atom. The standard InChI is InChI=1S/C21H33N3O2/c25-14-15-8-4-6-12-18(15)22-21(26)20-17-11-5-7-13-19(17)24(23-20)16-9-2-1-3-10-16/h15-16,18,25H,1-14H2,(H,22,26)/t15-,18-/m1/s1. The summed E-state index contributed by atoms with van der Waals surface area (Å²) in [6, 6.07) is 0.581. The maximum absolute atomic E-state index is 13.1. The summed E-state index contributed by atoms with van der Waals surface area (Å²) >= 11 is 0. The highest BCUT2D eigenvalue weighted by molar-refractivity contribution is 5.94. The van der Waals surface area contributed by atoms with E-state index < -0.39 is 0 Å². The highest BCUT2D eigenvalue weighted by atomic mass is 16.3. The van der Waals surface area contributed by atoms with E-state index in [2.05, 4.69) is 10.00 Å². The number of aromatic nitrogens is 2. The second-order valence-electron chi connectivity index (χ2n) is 8.52. The summed E-state index contributed by atoms with van der Waals surface area (Å²) in [4.78, 5) is 13.1. The highest BCUT2D eigenvalue weighted by Gasteiger charge is 2.31. The second kappa shape index (κ2) is 8.12. The van der Waals surface area contributed by atoms with Crippen LogP contribution < -0.4 is 5.32 Å². The molecule has 1 aromatic rings. The molecule has 0 aliphatic heterocycles. The van der Waals surface area contributed by atoms with Gasteiger partial charge in [0.15, 0.2) is 5.69 Å². The molecule has 5 heteroatoms. The summed E-state index contributed by atoms with van der Waals surface area (Å²) in [5.74, 6) is 0.187. The third-order valence-electron chi connectivity index (χ3n) is 6.80. The van der Waals surface area contributed by atoms with Crippen LogP contribution in [0.3, 0.4) is 0 Å². The molecule has 1 heterocycles. The lowest BCUT2D eigenvalue weighted by atomic mass is 9.85. The van der Waals surface area contributed by atoms with Crippen molar-refractivity contribution in [3.8, 4) is 0 Å². The van der Waals surface area contributed by atoms with Crippen molar-refractivity contribution in [1.29, 1.82) is 0 Å². The van der Waals surface area contributed by atoms with Crippen LogP contribution in [0.5, 0.6) is 0 Å². The molecular formula is C21H33N3O2. The van der Waals surface area contributed by atoms with Gasteiger partial charge in [-0.15, -0.1) is 0 Å². The number of aliphatic hydroxyl groups is 1. The molecule has 2 N–H and O–H groups in total. The average Bonchev–Trinajstić information content (AvgIpc) is 3.09. The van der Waals surface area contributed by atoms with Crippen LogP contribution in [0.1, 0.15) is 98.4 Å². The largest absolute Gasteiger partial charge is 0.396 e. The van der Waals surface area contributed by atoms with Gasteiger partial charge in [-0.3, -0.25) is 9.48 Å². The SMILES string of the molecule is O=C(N[C@@H]1CCCC[C@@H]1CO)c1nn(C2CCCCC2)c2c1CCCC2. The van der Waals surface area contributed by atoms with Gasteiger partial charge in [-0.25, -0.2) is 0 Å². The molecule has 2 atom stereocenters. The van der Waals surface area contributed by atoms with E-state index in [1.54, 1.807) is 0 Å². The summed E-state index contributed by atoms with van der Waals surface area (Å²) in [6.45, 7) is 0.166. The Kier molecular flexibility index (Phi) is 5.63. The van der Waals surface area contributed by atoms with Gasteiger partial charge in [0.25, 0.3) is 5.91 Å². The third-order valence-corrected chi connectivity index (χ3v) is 6.80. The van der Waals surface area contributed by atoms with Crippen molar-refractivity contribution in [2.24, 2.45) is 5.92 Å². The van der Waals surface area contributed by atoms with Gasteiger partial charge in [-0.05, 0) is 51.4 Å². The molecule has 0 bridgehead atoms. The van der Waals surface area contributed by atoms with Crippen molar-refractivity contribution < 1.29 is 9.90 Å². The molecule has 0 unspecified atom stereocenters. The van der Waals surface area contributed by atoms with Crippen LogP contribution in [-0.4, -0.2) is 33.4 Å². The number of amides is 1. The normalized spacial score (nSPS) is 27.1. The fourth-order valence-corrected chi connectivity index (χ4v) is 5.29. The zero-order valence-corrected chi connectivity index (χ0v) is 15.9. The molecule has 5 nitrogen and oxygen atoms in total. The molecule has 0 saturated heterocycles. The average molecular weight is 360 g/mol. The first-order chi connectivity index (χ1) is 12.8. The molecule has 0 aromatic carbocycles. The number of hydrogen-bond donors (Lipinski definition) is 2. The Morgan fingerprint density at radius 2 is 1.73 bits per heavy atom. The van der Waals surface area contributed by atoms with E-state index in [4.69, 9.17) is 5.10 Å². The van der Waals surface area contributed by atoms with Crippen molar-refractivity contribution >= 4 is 5.91 Å². The first-order valence-corrected chi connectivity index (χ1v) is 10.8. The summed E-state index contributed by atoms with van der Waals surface area (Å²) in [5, 5.41) is 17.7. The summed E-state index contributed by atoms with van der Waals surface area (Å²) in [5.41, 5.74) is 3.21. The van der Waals surface area contributed by atoms with Gasteiger partial charge in [0, 0.05) is 29.8 Å². The van der Waals surface area contributed by atoms with E-state index in [0.29, 0.717) is 11.7 Å². The van der Waals surface area contributed by atoms with Gasteiger partial charge in [0.2, 0.25) is 0 Å². The number of carbonyl (C=O) groups is 1. The number of fused-ring (bicyclic) bond motifs is 1. The maximum atomic E-state index is 13.1. The maximum Gasteiger partial charge on any atom is 0.272 e. The van der Waals surface area contributed by atoms with E-state index in [1.807, 2.05) is 0 Å². The number of nitrogens with one attached hydrogen (secondary N) is 1. The monoisotopic (exact) mass is 359 g/mol. The first-order valence-electron chi connectivity index (χ1n) is 10.8. The van der Waals surface area contributed by atoms with Crippen molar-refractivity contribution in [3.05, 3.63) is 17.0 Å². The van der Waals surface area contributed by atoms with Crippen LogP contribution in [0.15, 0.2) is 0 Å². The Bertz CT molecular complexity index is 633. The topological polar surface area (TPSA) is 67.2 Å². The molecule has 2 saturated carbocycles. The van der Waals surface area contributed by atoms with Crippen molar-refractivity contribution in [1.82, 2.24) is 15.1 Å². The van der Waals surface area contributed by atoms with E-state index in [-0.39, 0.29) is 24.5 Å². The van der Waals surface area contributed by atoms with Gasteiger partial charge in [0.05, 0.1) is 6.04 Å². The highest BCUT2D eigenvalue weighted by Crippen LogP contribution is 2.33. The molecular weight excluding hydrogens is 326 g/mol. The number of rotatable bonds is 4. The Hall–Kier alpha value is -1.36. The lowest BCUT2D eigenvalue weighted by Crippen LogP contribution is -2.43. The summed E-state index contributed by atoms with van der Waals surface area (Å²) < 4.78 is 2.23. The number of hydrogen-bond acceptors (Lipinski definition) is 3. The summed E-state index contributed by atoms with van der Waals surface area (Å²) in [7, 11) is 0. The first kappa shape index (κ1) is 18.0. The minimum atomic E-state index is -0.0111. The molecule has 0 radical (unpaired) electrons. The molecule has 4 rings (SSSR count). The molecule has 26 heavy (non-hydrogen) atoms. The lowest BCUT2D eigenvalue weighted by Gasteiger charge is -2.30. The van der Waals surface area contributed by atoms with E-state index in [9.17, 15) is 9.90 Å². The van der Waals surface area contributed by atoms with Crippen molar-refractivity contribution in [2.75, 3.05) is 6.61 Å². The van der Waals surface area contributed by atoms with E-state index in [1.165, 1.54) is 49.8 Å². The van der Waals surface area contributed by atoms with Gasteiger partial charge < -0.3 is 10.4 Å². The van der Waals surface area contributed by atoms with Gasteiger partial charge >= 0.3 is 0 Å². The molecule has 0 spiro atoms. The Balaban J connectivity index is 1.57. The van der Waals surface area contributed by atoms with Crippen molar-refractivity contribution in [3.63, 3.8) is 0 Å². The molecule has 1 aromatic heterocycles. The zero-order valence-electron chi connectivity index (χ0n) is 15.9. The molecule has 2 fully saturated rings. The molecule has 144 valence electrons. The van der Waals surface area contributed by atoms with Gasteiger partial charge in [0.1, 0.15) is 0 Å². The predicted octanol–water partition coefficient (Wildman–Crippen LogP) is 3.55. The van der Waals surface area contributed by atoms with E-state index in [0.717, 1.165) is 44.9 Å². The quantitative estimate of drug-likeness (QED) is 0.864. The zero-order chi connectivity index (χ0) is 17.9.